The monoisotopic (exact) mass is 300 g/mol. The van der Waals surface area contributed by atoms with Crippen molar-refractivity contribution in [2.45, 2.75) is 26.4 Å². The Kier molecular flexibility index (Phi) is 5.95. The maximum absolute atomic E-state index is 5.83. The van der Waals surface area contributed by atoms with Gasteiger partial charge in [0.1, 0.15) is 0 Å². The number of ether oxygens (including phenoxy) is 1. The molecule has 96 valence electrons. The molecule has 1 aromatic carbocycles. The quantitative estimate of drug-likeness (QED) is 0.878. The minimum atomic E-state index is 0.338. The van der Waals surface area contributed by atoms with E-state index in [1.807, 2.05) is 12.1 Å². The van der Waals surface area contributed by atoms with Gasteiger partial charge < -0.3 is 15.4 Å². The first kappa shape index (κ1) is 14.5. The Morgan fingerprint density at radius 3 is 2.71 bits per heavy atom. The summed E-state index contributed by atoms with van der Waals surface area (Å²) in [5, 5.41) is 0. The summed E-state index contributed by atoms with van der Waals surface area (Å²) < 4.78 is 6.30. The van der Waals surface area contributed by atoms with Crippen molar-refractivity contribution in [3.63, 3.8) is 0 Å². The molecule has 1 atom stereocenters. The van der Waals surface area contributed by atoms with Crippen molar-refractivity contribution in [1.82, 2.24) is 0 Å². The number of halogens is 1. The van der Waals surface area contributed by atoms with Gasteiger partial charge in [-0.25, -0.2) is 0 Å². The van der Waals surface area contributed by atoms with Gasteiger partial charge in [0.2, 0.25) is 0 Å². The first-order valence-corrected chi connectivity index (χ1v) is 6.68. The fraction of sp³-hybridized carbons (Fsp3) is 0.538. The normalized spacial score (nSPS) is 12.5. The minimum Gasteiger partial charge on any atom is -0.383 e. The lowest BCUT2D eigenvalue weighted by Crippen LogP contribution is -2.37. The van der Waals surface area contributed by atoms with E-state index in [-0.39, 0.29) is 0 Å². The van der Waals surface area contributed by atoms with Crippen molar-refractivity contribution in [3.8, 4) is 0 Å². The lowest BCUT2D eigenvalue weighted by atomic mass is 10.1. The van der Waals surface area contributed by atoms with Crippen LogP contribution in [-0.4, -0.2) is 26.3 Å². The third-order valence-corrected chi connectivity index (χ3v) is 3.63. The summed E-state index contributed by atoms with van der Waals surface area (Å²) in [6.45, 7) is 6.49. The molecule has 0 saturated carbocycles. The zero-order chi connectivity index (χ0) is 12.8. The molecule has 0 aromatic heterocycles. The van der Waals surface area contributed by atoms with Crippen LogP contribution in [0, 0.1) is 0 Å². The van der Waals surface area contributed by atoms with Gasteiger partial charge in [0.05, 0.1) is 6.61 Å². The molecule has 0 aliphatic carbocycles. The van der Waals surface area contributed by atoms with E-state index in [9.17, 15) is 0 Å². The summed E-state index contributed by atoms with van der Waals surface area (Å²) in [6.07, 6.45) is 0. The lowest BCUT2D eigenvalue weighted by Gasteiger charge is -2.31. The van der Waals surface area contributed by atoms with Crippen LogP contribution in [0.3, 0.4) is 0 Å². The Labute approximate surface area is 112 Å². The minimum absolute atomic E-state index is 0.338. The zero-order valence-electron chi connectivity index (χ0n) is 10.7. The Morgan fingerprint density at radius 2 is 2.18 bits per heavy atom. The molecule has 1 aromatic rings. The molecule has 1 unspecified atom stereocenters. The summed E-state index contributed by atoms with van der Waals surface area (Å²) in [5.41, 5.74) is 8.17. The van der Waals surface area contributed by atoms with Gasteiger partial charge in [-0.05, 0) is 26.0 Å². The number of anilines is 1. The number of nitrogens with zero attached hydrogens (tertiary/aromatic N) is 1. The van der Waals surface area contributed by atoms with Crippen molar-refractivity contribution >= 4 is 21.6 Å². The third-order valence-electron chi connectivity index (χ3n) is 2.89. The van der Waals surface area contributed by atoms with Gasteiger partial charge in [0.15, 0.2) is 0 Å². The Morgan fingerprint density at radius 1 is 1.47 bits per heavy atom. The first-order valence-electron chi connectivity index (χ1n) is 5.88. The third kappa shape index (κ3) is 3.44. The molecule has 0 spiro atoms. The molecule has 1 rings (SSSR count). The molecule has 0 heterocycles. The number of rotatable bonds is 6. The average Bonchev–Trinajstić information content (AvgIpc) is 2.30. The van der Waals surface area contributed by atoms with Crippen molar-refractivity contribution in [3.05, 3.63) is 28.2 Å². The molecule has 4 heteroatoms. The first-order chi connectivity index (χ1) is 8.15. The van der Waals surface area contributed by atoms with E-state index in [0.717, 1.165) is 16.6 Å². The molecule has 2 N–H and O–H groups in total. The largest absolute Gasteiger partial charge is 0.383 e. The predicted molar refractivity (Wildman–Crippen MR) is 76.4 cm³/mol. The average molecular weight is 301 g/mol. The number of hydrogen-bond donors (Lipinski definition) is 1. The van der Waals surface area contributed by atoms with Gasteiger partial charge in [-0.1, -0.05) is 22.0 Å². The molecule has 3 nitrogen and oxygen atoms in total. The molecule has 0 bridgehead atoms. The summed E-state index contributed by atoms with van der Waals surface area (Å²) in [5.74, 6) is 0. The molecule has 0 aliphatic heterocycles. The molecule has 0 fully saturated rings. The highest BCUT2D eigenvalue weighted by molar-refractivity contribution is 9.10. The van der Waals surface area contributed by atoms with E-state index < -0.39 is 0 Å². The van der Waals surface area contributed by atoms with Crippen molar-refractivity contribution < 1.29 is 4.74 Å². The number of benzene rings is 1. The van der Waals surface area contributed by atoms with Gasteiger partial charge in [0, 0.05) is 42.0 Å². The lowest BCUT2D eigenvalue weighted by molar-refractivity contribution is 0.182. The smallest absolute Gasteiger partial charge is 0.0663 e. The van der Waals surface area contributed by atoms with Gasteiger partial charge in [-0.3, -0.25) is 0 Å². The summed E-state index contributed by atoms with van der Waals surface area (Å²) in [7, 11) is 1.73. The molecule has 17 heavy (non-hydrogen) atoms. The second kappa shape index (κ2) is 6.99. The Hall–Kier alpha value is -0.580. The molecular formula is C13H21BrN2O. The zero-order valence-corrected chi connectivity index (χ0v) is 12.3. The van der Waals surface area contributed by atoms with Crippen molar-refractivity contribution in [2.75, 3.05) is 25.2 Å². The number of likely N-dealkylation sites (N-methyl/N-ethyl adjacent to an activating group) is 1. The SMILES string of the molecule is CCN(c1cccc(Br)c1CN)C(C)COC. The van der Waals surface area contributed by atoms with Crippen LogP contribution < -0.4 is 10.6 Å². The fourth-order valence-corrected chi connectivity index (χ4v) is 2.59. The Balaban J connectivity index is 3.06. The second-order valence-corrected chi connectivity index (χ2v) is 4.89. The maximum atomic E-state index is 5.83. The molecular weight excluding hydrogens is 280 g/mol. The highest BCUT2D eigenvalue weighted by atomic mass is 79.9. The predicted octanol–water partition coefficient (Wildman–Crippen LogP) is 2.77. The van der Waals surface area contributed by atoms with E-state index in [2.05, 4.69) is 40.7 Å². The number of nitrogens with two attached hydrogens (primary N) is 1. The van der Waals surface area contributed by atoms with E-state index >= 15 is 0 Å². The van der Waals surface area contributed by atoms with Crippen molar-refractivity contribution in [1.29, 1.82) is 0 Å². The van der Waals surface area contributed by atoms with E-state index in [4.69, 9.17) is 10.5 Å². The molecule has 0 radical (unpaired) electrons. The van der Waals surface area contributed by atoms with Crippen LogP contribution in [0.2, 0.25) is 0 Å². The van der Waals surface area contributed by atoms with Crippen LogP contribution in [0.25, 0.3) is 0 Å². The van der Waals surface area contributed by atoms with Crippen LogP contribution in [0.1, 0.15) is 19.4 Å². The van der Waals surface area contributed by atoms with E-state index in [1.54, 1.807) is 7.11 Å². The van der Waals surface area contributed by atoms with Crippen LogP contribution in [0.5, 0.6) is 0 Å². The number of hydrogen-bond acceptors (Lipinski definition) is 3. The summed E-state index contributed by atoms with van der Waals surface area (Å²) in [6, 6.07) is 6.52. The summed E-state index contributed by atoms with van der Waals surface area (Å²) in [4.78, 5) is 2.32. The van der Waals surface area contributed by atoms with Crippen LogP contribution in [0.15, 0.2) is 22.7 Å². The van der Waals surface area contributed by atoms with Crippen LogP contribution in [0.4, 0.5) is 5.69 Å². The van der Waals surface area contributed by atoms with Crippen LogP contribution in [-0.2, 0) is 11.3 Å². The van der Waals surface area contributed by atoms with Gasteiger partial charge >= 0.3 is 0 Å². The number of methoxy groups -OCH3 is 1. The highest BCUT2D eigenvalue weighted by Crippen LogP contribution is 2.28. The maximum Gasteiger partial charge on any atom is 0.0663 e. The Bertz CT molecular complexity index is 357. The fourth-order valence-electron chi connectivity index (χ4n) is 2.07. The van der Waals surface area contributed by atoms with Gasteiger partial charge in [-0.15, -0.1) is 0 Å². The highest BCUT2D eigenvalue weighted by Gasteiger charge is 2.16. The van der Waals surface area contributed by atoms with Gasteiger partial charge in [-0.2, -0.15) is 0 Å². The second-order valence-electron chi connectivity index (χ2n) is 4.03. The van der Waals surface area contributed by atoms with Gasteiger partial charge in [0.25, 0.3) is 0 Å². The molecule has 0 aliphatic rings. The topological polar surface area (TPSA) is 38.5 Å². The van der Waals surface area contributed by atoms with E-state index in [1.165, 1.54) is 5.69 Å². The summed E-state index contributed by atoms with van der Waals surface area (Å²) >= 11 is 3.55. The van der Waals surface area contributed by atoms with Crippen LogP contribution >= 0.6 is 15.9 Å². The van der Waals surface area contributed by atoms with Crippen molar-refractivity contribution in [2.24, 2.45) is 5.73 Å². The molecule has 0 saturated heterocycles. The molecule has 0 amide bonds. The standard InChI is InChI=1S/C13H21BrN2O/c1-4-16(10(2)9-17-3)13-7-5-6-12(14)11(13)8-15/h5-7,10H,4,8-9,15H2,1-3H3. The van der Waals surface area contributed by atoms with E-state index in [0.29, 0.717) is 19.2 Å².